The summed E-state index contributed by atoms with van der Waals surface area (Å²) in [6.45, 7) is 3.91. The Morgan fingerprint density at radius 3 is 2.58 bits per heavy atom. The van der Waals surface area contributed by atoms with Gasteiger partial charge >= 0.3 is 5.51 Å². The molecule has 0 bridgehead atoms. The van der Waals surface area contributed by atoms with Crippen molar-refractivity contribution in [2.75, 3.05) is 23.3 Å². The third-order valence-corrected chi connectivity index (χ3v) is 3.10. The van der Waals surface area contributed by atoms with Crippen LogP contribution >= 0.6 is 11.8 Å². The zero-order valence-corrected chi connectivity index (χ0v) is 11.7. The summed E-state index contributed by atoms with van der Waals surface area (Å²) < 4.78 is 35.9. The number of nitrogens with zero attached hydrogens (tertiary/aromatic N) is 2. The minimum atomic E-state index is -4.20. The molecule has 1 aromatic rings. The molecule has 1 heterocycles. The lowest BCUT2D eigenvalue weighted by atomic mass is 10.2. The topological polar surface area (TPSA) is 63.8 Å². The molecule has 0 atom stereocenters. The molecule has 1 rings (SSSR count). The minimum Gasteiger partial charge on any atom is -0.383 e. The van der Waals surface area contributed by atoms with Crippen LogP contribution in [0.3, 0.4) is 0 Å². The van der Waals surface area contributed by atoms with E-state index in [0.717, 1.165) is 6.42 Å². The van der Waals surface area contributed by atoms with Crippen molar-refractivity contribution in [2.24, 2.45) is 0 Å². The second-order valence-corrected chi connectivity index (χ2v) is 5.13. The van der Waals surface area contributed by atoms with Gasteiger partial charge in [-0.1, -0.05) is 6.92 Å². The van der Waals surface area contributed by atoms with Gasteiger partial charge in [-0.3, -0.25) is 0 Å². The molecular weight excluding hydrogens is 277 g/mol. The number of nitrogens with one attached hydrogen (secondary N) is 1. The molecule has 0 aliphatic rings. The summed E-state index contributed by atoms with van der Waals surface area (Å²) in [7, 11) is 0. The molecule has 0 aliphatic heterocycles. The van der Waals surface area contributed by atoms with Crippen LogP contribution in [0.4, 0.5) is 24.8 Å². The fraction of sp³-hybridized carbons (Fsp3) is 0.636. The Balaban J connectivity index is 2.61. The molecule has 0 unspecified atom stereocenters. The molecule has 0 aliphatic carbocycles. The van der Waals surface area contributed by atoms with Crippen molar-refractivity contribution >= 4 is 23.4 Å². The van der Waals surface area contributed by atoms with Crippen molar-refractivity contribution in [1.29, 1.82) is 0 Å². The van der Waals surface area contributed by atoms with Gasteiger partial charge in [0, 0.05) is 24.3 Å². The molecule has 0 aromatic carbocycles. The average Bonchev–Trinajstić information content (AvgIpc) is 2.29. The fourth-order valence-corrected chi connectivity index (χ4v) is 1.86. The molecular formula is C11H17F3N4S. The smallest absolute Gasteiger partial charge is 0.383 e. The summed E-state index contributed by atoms with van der Waals surface area (Å²) in [4.78, 5) is 8.40. The number of aryl methyl sites for hydroxylation is 1. The number of nitrogen functional groups attached to an aromatic ring is 1. The molecule has 3 N–H and O–H groups in total. The van der Waals surface area contributed by atoms with Gasteiger partial charge < -0.3 is 11.1 Å². The highest BCUT2D eigenvalue weighted by atomic mass is 32.2. The van der Waals surface area contributed by atoms with Crippen LogP contribution in [0.1, 0.15) is 24.7 Å². The van der Waals surface area contributed by atoms with E-state index in [-0.39, 0.29) is 24.1 Å². The highest BCUT2D eigenvalue weighted by molar-refractivity contribution is 8.00. The number of hydrogen-bond donors (Lipinski definition) is 2. The van der Waals surface area contributed by atoms with Gasteiger partial charge in [-0.15, -0.1) is 0 Å². The van der Waals surface area contributed by atoms with Crippen LogP contribution in [0.5, 0.6) is 0 Å². The van der Waals surface area contributed by atoms with Gasteiger partial charge in [0.05, 0.1) is 0 Å². The Morgan fingerprint density at radius 1 is 1.32 bits per heavy atom. The van der Waals surface area contributed by atoms with Gasteiger partial charge in [-0.2, -0.15) is 13.2 Å². The molecule has 0 radical (unpaired) electrons. The maximum Gasteiger partial charge on any atom is 0.441 e. The molecule has 0 fully saturated rings. The predicted molar refractivity (Wildman–Crippen MR) is 72.2 cm³/mol. The SMILES string of the molecule is CCCc1nc(N)c(C)c(NCCSC(F)(F)F)n1. The van der Waals surface area contributed by atoms with Crippen LogP contribution in [-0.4, -0.2) is 27.8 Å². The van der Waals surface area contributed by atoms with Crippen molar-refractivity contribution in [3.05, 3.63) is 11.4 Å². The van der Waals surface area contributed by atoms with Crippen LogP contribution in [0, 0.1) is 6.92 Å². The van der Waals surface area contributed by atoms with E-state index in [1.807, 2.05) is 6.92 Å². The third kappa shape index (κ3) is 5.54. The Morgan fingerprint density at radius 2 is 2.00 bits per heavy atom. The van der Waals surface area contributed by atoms with E-state index in [9.17, 15) is 13.2 Å². The maximum absolute atomic E-state index is 12.0. The van der Waals surface area contributed by atoms with Crippen LogP contribution in [0.15, 0.2) is 0 Å². The average molecular weight is 294 g/mol. The number of alkyl halides is 3. The Kier molecular flexibility index (Phi) is 5.71. The minimum absolute atomic E-state index is 0.0598. The molecule has 19 heavy (non-hydrogen) atoms. The second kappa shape index (κ2) is 6.83. The zero-order chi connectivity index (χ0) is 14.5. The van der Waals surface area contributed by atoms with Gasteiger partial charge in [-0.25, -0.2) is 9.97 Å². The van der Waals surface area contributed by atoms with Crippen molar-refractivity contribution in [1.82, 2.24) is 9.97 Å². The number of hydrogen-bond acceptors (Lipinski definition) is 5. The number of thioether (sulfide) groups is 1. The molecule has 0 amide bonds. The first kappa shape index (κ1) is 15.9. The normalized spacial score (nSPS) is 11.6. The van der Waals surface area contributed by atoms with E-state index in [4.69, 9.17) is 5.73 Å². The third-order valence-electron chi connectivity index (χ3n) is 2.36. The summed E-state index contributed by atoms with van der Waals surface area (Å²) in [5.74, 6) is 1.41. The molecule has 8 heteroatoms. The monoisotopic (exact) mass is 294 g/mol. The van der Waals surface area contributed by atoms with Crippen molar-refractivity contribution < 1.29 is 13.2 Å². The summed E-state index contributed by atoms with van der Waals surface area (Å²) >= 11 is -0.0598. The van der Waals surface area contributed by atoms with Crippen LogP contribution < -0.4 is 11.1 Å². The summed E-state index contributed by atoms with van der Waals surface area (Å²) in [5, 5.41) is 2.87. The Labute approximate surface area is 114 Å². The summed E-state index contributed by atoms with van der Waals surface area (Å²) in [6, 6.07) is 0. The van der Waals surface area contributed by atoms with Gasteiger partial charge in [0.1, 0.15) is 17.5 Å². The summed E-state index contributed by atoms with van der Waals surface area (Å²) in [5.41, 5.74) is 2.21. The van der Waals surface area contributed by atoms with E-state index in [0.29, 0.717) is 29.4 Å². The van der Waals surface area contributed by atoms with Crippen LogP contribution in [-0.2, 0) is 6.42 Å². The molecule has 0 saturated heterocycles. The lowest BCUT2D eigenvalue weighted by Gasteiger charge is -2.12. The van der Waals surface area contributed by atoms with Crippen molar-refractivity contribution in [3.8, 4) is 0 Å². The van der Waals surface area contributed by atoms with Gasteiger partial charge in [-0.05, 0) is 25.1 Å². The summed E-state index contributed by atoms with van der Waals surface area (Å²) in [6.07, 6.45) is 1.57. The Bertz CT molecular complexity index is 423. The van der Waals surface area contributed by atoms with E-state index in [2.05, 4.69) is 15.3 Å². The lowest BCUT2D eigenvalue weighted by molar-refractivity contribution is -0.0327. The maximum atomic E-state index is 12.0. The van der Waals surface area contributed by atoms with Gasteiger partial charge in [0.25, 0.3) is 0 Å². The first-order chi connectivity index (χ1) is 8.83. The molecule has 1 aromatic heterocycles. The van der Waals surface area contributed by atoms with E-state index >= 15 is 0 Å². The number of nitrogens with two attached hydrogens (primary N) is 1. The number of aromatic nitrogens is 2. The zero-order valence-electron chi connectivity index (χ0n) is 10.8. The van der Waals surface area contributed by atoms with Crippen molar-refractivity contribution in [2.45, 2.75) is 32.2 Å². The fourth-order valence-electron chi connectivity index (χ4n) is 1.43. The van der Waals surface area contributed by atoms with E-state index in [1.165, 1.54) is 0 Å². The predicted octanol–water partition coefficient (Wildman–Crippen LogP) is 2.98. The number of halogens is 3. The Hall–Kier alpha value is -1.18. The van der Waals surface area contributed by atoms with E-state index in [1.54, 1.807) is 6.92 Å². The van der Waals surface area contributed by atoms with Crippen molar-refractivity contribution in [3.63, 3.8) is 0 Å². The van der Waals surface area contributed by atoms with Crippen LogP contribution in [0.25, 0.3) is 0 Å². The van der Waals surface area contributed by atoms with Gasteiger partial charge in [0.2, 0.25) is 0 Å². The van der Waals surface area contributed by atoms with Gasteiger partial charge in [0.15, 0.2) is 0 Å². The number of rotatable bonds is 6. The van der Waals surface area contributed by atoms with Crippen LogP contribution in [0.2, 0.25) is 0 Å². The highest BCUT2D eigenvalue weighted by Gasteiger charge is 2.27. The largest absolute Gasteiger partial charge is 0.441 e. The quantitative estimate of drug-likeness (QED) is 0.790. The second-order valence-electron chi connectivity index (χ2n) is 3.97. The first-order valence-corrected chi connectivity index (χ1v) is 6.89. The molecule has 108 valence electrons. The molecule has 0 spiro atoms. The molecule has 0 saturated carbocycles. The first-order valence-electron chi connectivity index (χ1n) is 5.91. The van der Waals surface area contributed by atoms with E-state index < -0.39 is 5.51 Å². The standard InChI is InChI=1S/C11H17F3N4S/c1-3-4-8-17-9(15)7(2)10(18-8)16-5-6-19-11(12,13)14/h3-6H2,1-2H3,(H3,15,16,17,18). The molecule has 4 nitrogen and oxygen atoms in total. The number of anilines is 2. The lowest BCUT2D eigenvalue weighted by Crippen LogP contribution is -2.13. The highest BCUT2D eigenvalue weighted by Crippen LogP contribution is 2.29.